The lowest BCUT2D eigenvalue weighted by Crippen LogP contribution is -2.51. The molecule has 1 aliphatic heterocycles. The third-order valence-electron chi connectivity index (χ3n) is 5.84. The molecule has 0 aliphatic carbocycles. The monoisotopic (exact) mass is 389 g/mol. The molecule has 2 aromatic carbocycles. The van der Waals surface area contributed by atoms with Crippen molar-refractivity contribution in [1.29, 1.82) is 0 Å². The van der Waals surface area contributed by atoms with E-state index in [1.807, 2.05) is 0 Å². The van der Waals surface area contributed by atoms with Gasteiger partial charge in [-0.3, -0.25) is 0 Å². The van der Waals surface area contributed by atoms with Crippen molar-refractivity contribution in [1.82, 2.24) is 24.6 Å². The summed E-state index contributed by atoms with van der Waals surface area (Å²) in [7, 11) is 4.43. The summed E-state index contributed by atoms with van der Waals surface area (Å²) in [6, 6.07) is 19.6. The number of rotatable bonds is 6. The highest BCUT2D eigenvalue weighted by Gasteiger charge is 2.25. The minimum absolute atomic E-state index is 0.462. The zero-order valence-electron chi connectivity index (χ0n) is 17.8. The van der Waals surface area contributed by atoms with Gasteiger partial charge in [0, 0.05) is 38.5 Å². The number of hydrogen-bond acceptors (Lipinski definition) is 4. The Bertz CT molecular complexity index is 933. The van der Waals surface area contributed by atoms with Crippen molar-refractivity contribution >= 4 is 0 Å². The van der Waals surface area contributed by atoms with Crippen LogP contribution in [-0.4, -0.2) is 64.3 Å². The number of nitrogens with zero attached hydrogens (tertiary/aromatic N) is 5. The molecule has 29 heavy (non-hydrogen) atoms. The Balaban J connectivity index is 1.60. The fourth-order valence-electron chi connectivity index (χ4n) is 4.03. The second-order valence-corrected chi connectivity index (χ2v) is 8.28. The van der Waals surface area contributed by atoms with Crippen molar-refractivity contribution in [2.45, 2.75) is 32.2 Å². The van der Waals surface area contributed by atoms with Crippen molar-refractivity contribution in [3.05, 3.63) is 77.4 Å². The SMILES string of the molecule is Cc1cccc(-n2nc(CCc3ccccc3)nc2C[C@H]2CN(C)CCN2C)c1. The van der Waals surface area contributed by atoms with E-state index < -0.39 is 0 Å². The minimum atomic E-state index is 0.462. The van der Waals surface area contributed by atoms with Crippen LogP contribution >= 0.6 is 0 Å². The van der Waals surface area contributed by atoms with E-state index >= 15 is 0 Å². The average molecular weight is 390 g/mol. The number of piperazine rings is 1. The molecule has 152 valence electrons. The maximum atomic E-state index is 4.99. The molecular formula is C24H31N5. The number of benzene rings is 2. The number of aryl methyl sites for hydroxylation is 3. The van der Waals surface area contributed by atoms with Gasteiger partial charge in [-0.2, -0.15) is 5.10 Å². The lowest BCUT2D eigenvalue weighted by Gasteiger charge is -2.37. The molecule has 1 fully saturated rings. The fourth-order valence-corrected chi connectivity index (χ4v) is 4.03. The highest BCUT2D eigenvalue weighted by molar-refractivity contribution is 5.35. The smallest absolute Gasteiger partial charge is 0.151 e. The molecule has 1 aliphatic rings. The molecule has 0 spiro atoms. The van der Waals surface area contributed by atoms with E-state index in [9.17, 15) is 0 Å². The van der Waals surface area contributed by atoms with Crippen LogP contribution in [0, 0.1) is 6.92 Å². The van der Waals surface area contributed by atoms with E-state index in [0.717, 1.165) is 56.2 Å². The highest BCUT2D eigenvalue weighted by atomic mass is 15.4. The molecule has 2 heterocycles. The quantitative estimate of drug-likeness (QED) is 0.649. The molecule has 5 heteroatoms. The second-order valence-electron chi connectivity index (χ2n) is 8.28. The number of hydrogen-bond donors (Lipinski definition) is 0. The molecule has 3 aromatic rings. The Hall–Kier alpha value is -2.50. The molecule has 4 rings (SSSR count). The molecule has 0 bridgehead atoms. The molecule has 0 N–H and O–H groups in total. The van der Waals surface area contributed by atoms with Crippen molar-refractivity contribution in [2.75, 3.05) is 33.7 Å². The van der Waals surface area contributed by atoms with Gasteiger partial charge in [-0.25, -0.2) is 9.67 Å². The Morgan fingerprint density at radius 1 is 0.966 bits per heavy atom. The number of aromatic nitrogens is 3. The molecule has 1 atom stereocenters. The van der Waals surface area contributed by atoms with E-state index in [1.54, 1.807) is 0 Å². The first kappa shape index (κ1) is 19.8. The topological polar surface area (TPSA) is 37.2 Å². The summed E-state index contributed by atoms with van der Waals surface area (Å²) < 4.78 is 2.07. The lowest BCUT2D eigenvalue weighted by atomic mass is 10.1. The van der Waals surface area contributed by atoms with Crippen molar-refractivity contribution in [3.63, 3.8) is 0 Å². The van der Waals surface area contributed by atoms with Gasteiger partial charge in [0.05, 0.1) is 5.69 Å². The van der Waals surface area contributed by atoms with Crippen LogP contribution in [0.3, 0.4) is 0 Å². The minimum Gasteiger partial charge on any atom is -0.304 e. The number of likely N-dealkylation sites (N-methyl/N-ethyl adjacent to an activating group) is 2. The van der Waals surface area contributed by atoms with Crippen molar-refractivity contribution < 1.29 is 0 Å². The van der Waals surface area contributed by atoms with E-state index in [2.05, 4.69) is 90.1 Å². The largest absolute Gasteiger partial charge is 0.304 e. The third-order valence-corrected chi connectivity index (χ3v) is 5.84. The zero-order valence-corrected chi connectivity index (χ0v) is 17.8. The summed E-state index contributed by atoms with van der Waals surface area (Å²) in [6.07, 6.45) is 2.73. The summed E-state index contributed by atoms with van der Waals surface area (Å²) in [5.41, 5.74) is 3.67. The fraction of sp³-hybridized carbons (Fsp3) is 0.417. The molecule has 1 aromatic heterocycles. The Morgan fingerprint density at radius 3 is 2.59 bits per heavy atom. The first-order valence-electron chi connectivity index (χ1n) is 10.5. The van der Waals surface area contributed by atoms with E-state index in [0.29, 0.717) is 6.04 Å². The highest BCUT2D eigenvalue weighted by Crippen LogP contribution is 2.17. The molecule has 1 saturated heterocycles. The maximum Gasteiger partial charge on any atom is 0.151 e. The summed E-state index contributed by atoms with van der Waals surface area (Å²) in [5, 5.41) is 4.92. The predicted molar refractivity (Wildman–Crippen MR) is 118 cm³/mol. The Kier molecular flexibility index (Phi) is 6.07. The standard InChI is InChI=1S/C24H31N5/c1-19-8-7-11-21(16-19)29-24(17-22-18-27(2)14-15-28(22)3)25-23(26-29)13-12-20-9-5-4-6-10-20/h4-11,16,22H,12-15,17-18H2,1-3H3/t22-/m0/s1. The summed E-state index contributed by atoms with van der Waals surface area (Å²) in [5.74, 6) is 1.99. The average Bonchev–Trinajstić information content (AvgIpc) is 3.13. The first-order chi connectivity index (χ1) is 14.1. The van der Waals surface area contributed by atoms with Gasteiger partial charge in [0.15, 0.2) is 5.82 Å². The molecule has 0 amide bonds. The molecule has 0 unspecified atom stereocenters. The van der Waals surface area contributed by atoms with Gasteiger partial charge >= 0.3 is 0 Å². The van der Waals surface area contributed by atoms with Gasteiger partial charge in [-0.1, -0.05) is 42.5 Å². The van der Waals surface area contributed by atoms with Crippen LogP contribution in [0.4, 0.5) is 0 Å². The summed E-state index contributed by atoms with van der Waals surface area (Å²) in [6.45, 7) is 5.41. The van der Waals surface area contributed by atoms with Gasteiger partial charge in [-0.05, 0) is 50.7 Å². The second kappa shape index (κ2) is 8.89. The molecular weight excluding hydrogens is 358 g/mol. The zero-order chi connectivity index (χ0) is 20.2. The summed E-state index contributed by atoms with van der Waals surface area (Å²) in [4.78, 5) is 9.86. The van der Waals surface area contributed by atoms with Crippen LogP contribution in [-0.2, 0) is 19.3 Å². The van der Waals surface area contributed by atoms with E-state index in [-0.39, 0.29) is 0 Å². The maximum absolute atomic E-state index is 4.99. The first-order valence-corrected chi connectivity index (χ1v) is 10.5. The van der Waals surface area contributed by atoms with E-state index in [1.165, 1.54) is 11.1 Å². The molecule has 0 radical (unpaired) electrons. The van der Waals surface area contributed by atoms with E-state index in [4.69, 9.17) is 10.1 Å². The Labute approximate surface area is 174 Å². The van der Waals surface area contributed by atoms with Crippen molar-refractivity contribution in [2.24, 2.45) is 0 Å². The van der Waals surface area contributed by atoms with Gasteiger partial charge in [-0.15, -0.1) is 0 Å². The normalized spacial score (nSPS) is 18.2. The van der Waals surface area contributed by atoms with Gasteiger partial charge in [0.1, 0.15) is 5.82 Å². The van der Waals surface area contributed by atoms with Gasteiger partial charge in [0.25, 0.3) is 0 Å². The van der Waals surface area contributed by atoms with Crippen LogP contribution in [0.5, 0.6) is 0 Å². The van der Waals surface area contributed by atoms with Gasteiger partial charge in [0.2, 0.25) is 0 Å². The van der Waals surface area contributed by atoms with Gasteiger partial charge < -0.3 is 9.80 Å². The summed E-state index contributed by atoms with van der Waals surface area (Å²) >= 11 is 0. The van der Waals surface area contributed by atoms with Crippen LogP contribution in [0.2, 0.25) is 0 Å². The van der Waals surface area contributed by atoms with Crippen LogP contribution in [0.1, 0.15) is 22.8 Å². The van der Waals surface area contributed by atoms with Crippen LogP contribution in [0.15, 0.2) is 54.6 Å². The molecule has 5 nitrogen and oxygen atoms in total. The van der Waals surface area contributed by atoms with Crippen LogP contribution < -0.4 is 0 Å². The third kappa shape index (κ3) is 4.92. The van der Waals surface area contributed by atoms with Crippen molar-refractivity contribution in [3.8, 4) is 5.69 Å². The Morgan fingerprint density at radius 2 is 1.79 bits per heavy atom. The predicted octanol–water partition coefficient (Wildman–Crippen LogP) is 3.15. The molecule has 0 saturated carbocycles. The van der Waals surface area contributed by atoms with Crippen LogP contribution in [0.25, 0.3) is 5.69 Å². The lowest BCUT2D eigenvalue weighted by molar-refractivity contribution is 0.113.